The molecule has 0 radical (unpaired) electrons. The highest BCUT2D eigenvalue weighted by molar-refractivity contribution is 6.34. The number of rotatable bonds is 5. The summed E-state index contributed by atoms with van der Waals surface area (Å²) >= 11 is 5.77. The number of carboxylic acid groups (broad SMARTS) is 1. The Hall–Kier alpha value is -2.40. The Kier molecular flexibility index (Phi) is 5.01. The summed E-state index contributed by atoms with van der Waals surface area (Å²) in [7, 11) is 0. The Morgan fingerprint density at radius 2 is 1.83 bits per heavy atom. The quantitative estimate of drug-likeness (QED) is 0.881. The Balaban J connectivity index is 2.27. The van der Waals surface area contributed by atoms with Gasteiger partial charge >= 0.3 is 5.97 Å². The van der Waals surface area contributed by atoms with Crippen molar-refractivity contribution in [3.8, 4) is 0 Å². The minimum Gasteiger partial charge on any atom is -0.480 e. The van der Waals surface area contributed by atoms with Gasteiger partial charge in [0.1, 0.15) is 11.4 Å². The van der Waals surface area contributed by atoms with E-state index in [4.69, 9.17) is 11.6 Å². The van der Waals surface area contributed by atoms with Gasteiger partial charge in [0.15, 0.2) is 0 Å². The molecule has 2 rings (SSSR count). The van der Waals surface area contributed by atoms with E-state index in [9.17, 15) is 19.1 Å². The SMILES string of the molecule is C[C@@](Cc1ccccc1)(NC(=O)c1cccc(F)c1Cl)C(=O)O. The molecular weight excluding hydrogens is 321 g/mol. The van der Waals surface area contributed by atoms with Crippen LogP contribution in [0.1, 0.15) is 22.8 Å². The van der Waals surface area contributed by atoms with E-state index in [1.54, 1.807) is 24.3 Å². The van der Waals surface area contributed by atoms with Crippen LogP contribution in [0.5, 0.6) is 0 Å². The van der Waals surface area contributed by atoms with Gasteiger partial charge in [-0.25, -0.2) is 9.18 Å². The molecule has 6 heteroatoms. The van der Waals surface area contributed by atoms with Gasteiger partial charge in [-0.1, -0.05) is 48.0 Å². The average molecular weight is 336 g/mol. The summed E-state index contributed by atoms with van der Waals surface area (Å²) in [5.74, 6) is -2.67. The van der Waals surface area contributed by atoms with E-state index >= 15 is 0 Å². The lowest BCUT2D eigenvalue weighted by Crippen LogP contribution is -2.53. The zero-order valence-electron chi connectivity index (χ0n) is 12.3. The number of hydrogen-bond acceptors (Lipinski definition) is 2. The molecule has 0 aliphatic rings. The molecule has 1 atom stereocenters. The summed E-state index contributed by atoms with van der Waals surface area (Å²) in [6.45, 7) is 1.40. The number of amides is 1. The van der Waals surface area contributed by atoms with Crippen LogP contribution in [0.15, 0.2) is 48.5 Å². The maximum absolute atomic E-state index is 13.4. The second-order valence-corrected chi connectivity index (χ2v) is 5.73. The van der Waals surface area contributed by atoms with Gasteiger partial charge in [0.25, 0.3) is 5.91 Å². The van der Waals surface area contributed by atoms with Gasteiger partial charge in [-0.2, -0.15) is 0 Å². The van der Waals surface area contributed by atoms with Crippen molar-refractivity contribution in [1.82, 2.24) is 5.32 Å². The lowest BCUT2D eigenvalue weighted by molar-refractivity contribution is -0.143. The van der Waals surface area contributed by atoms with Gasteiger partial charge in [-0.05, 0) is 24.6 Å². The van der Waals surface area contributed by atoms with Crippen LogP contribution in [0.25, 0.3) is 0 Å². The van der Waals surface area contributed by atoms with Crippen molar-refractivity contribution in [1.29, 1.82) is 0 Å². The van der Waals surface area contributed by atoms with Crippen molar-refractivity contribution in [3.05, 3.63) is 70.5 Å². The molecule has 0 saturated carbocycles. The van der Waals surface area contributed by atoms with Crippen LogP contribution >= 0.6 is 11.6 Å². The van der Waals surface area contributed by atoms with Gasteiger partial charge in [0.05, 0.1) is 10.6 Å². The van der Waals surface area contributed by atoms with E-state index in [1.807, 2.05) is 6.07 Å². The van der Waals surface area contributed by atoms with Crippen LogP contribution < -0.4 is 5.32 Å². The third-order valence-electron chi connectivity index (χ3n) is 3.46. The lowest BCUT2D eigenvalue weighted by atomic mass is 9.92. The summed E-state index contributed by atoms with van der Waals surface area (Å²) in [6, 6.07) is 12.7. The first kappa shape index (κ1) is 17.0. The molecule has 23 heavy (non-hydrogen) atoms. The predicted molar refractivity (Wildman–Crippen MR) is 85.1 cm³/mol. The molecule has 120 valence electrons. The monoisotopic (exact) mass is 335 g/mol. The van der Waals surface area contributed by atoms with Crippen molar-refractivity contribution < 1.29 is 19.1 Å². The first-order valence-electron chi connectivity index (χ1n) is 6.87. The van der Waals surface area contributed by atoms with E-state index < -0.39 is 23.2 Å². The second kappa shape index (κ2) is 6.79. The molecule has 2 N–H and O–H groups in total. The fraction of sp³-hybridized carbons (Fsp3) is 0.176. The molecule has 4 nitrogen and oxygen atoms in total. The Morgan fingerprint density at radius 1 is 1.17 bits per heavy atom. The standard InChI is InChI=1S/C17H15ClFNO3/c1-17(16(22)23,10-11-6-3-2-4-7-11)20-15(21)12-8-5-9-13(19)14(12)18/h2-9H,10H2,1H3,(H,20,21)(H,22,23)/t17-/m0/s1. The highest BCUT2D eigenvalue weighted by atomic mass is 35.5. The smallest absolute Gasteiger partial charge is 0.329 e. The van der Waals surface area contributed by atoms with E-state index in [0.717, 1.165) is 11.6 Å². The van der Waals surface area contributed by atoms with E-state index in [2.05, 4.69) is 5.32 Å². The van der Waals surface area contributed by atoms with Gasteiger partial charge in [0, 0.05) is 6.42 Å². The van der Waals surface area contributed by atoms with Gasteiger partial charge in [-0.3, -0.25) is 4.79 Å². The third kappa shape index (κ3) is 3.87. The number of hydrogen-bond donors (Lipinski definition) is 2. The van der Waals surface area contributed by atoms with Gasteiger partial charge < -0.3 is 10.4 Å². The summed E-state index contributed by atoms with van der Waals surface area (Å²) in [4.78, 5) is 23.9. The zero-order valence-corrected chi connectivity index (χ0v) is 13.1. The first-order valence-corrected chi connectivity index (χ1v) is 7.25. The highest BCUT2D eigenvalue weighted by Gasteiger charge is 2.35. The van der Waals surface area contributed by atoms with Crippen LogP contribution in [0.2, 0.25) is 5.02 Å². The molecule has 2 aromatic carbocycles. The molecule has 0 aliphatic heterocycles. The maximum Gasteiger partial charge on any atom is 0.329 e. The molecule has 0 aliphatic carbocycles. The largest absolute Gasteiger partial charge is 0.480 e. The van der Waals surface area contributed by atoms with Crippen LogP contribution in [0.4, 0.5) is 4.39 Å². The number of carbonyl (C=O) groups excluding carboxylic acids is 1. The maximum atomic E-state index is 13.4. The summed E-state index contributed by atoms with van der Waals surface area (Å²) < 4.78 is 13.4. The van der Waals surface area contributed by atoms with Crippen molar-refractivity contribution >= 4 is 23.5 Å². The zero-order chi connectivity index (χ0) is 17.0. The van der Waals surface area contributed by atoms with E-state index in [1.165, 1.54) is 19.1 Å². The fourth-order valence-electron chi connectivity index (χ4n) is 2.17. The van der Waals surface area contributed by atoms with Gasteiger partial charge in [-0.15, -0.1) is 0 Å². The molecule has 0 saturated heterocycles. The van der Waals surface area contributed by atoms with E-state index in [0.29, 0.717) is 0 Å². The normalized spacial score (nSPS) is 13.2. The van der Waals surface area contributed by atoms with Crippen molar-refractivity contribution in [3.63, 3.8) is 0 Å². The number of carboxylic acids is 1. The Labute approximate surface area is 137 Å². The van der Waals surface area contributed by atoms with Crippen LogP contribution in [0.3, 0.4) is 0 Å². The number of carbonyl (C=O) groups is 2. The average Bonchev–Trinajstić information content (AvgIpc) is 2.50. The van der Waals surface area contributed by atoms with Crippen molar-refractivity contribution in [2.45, 2.75) is 18.9 Å². The number of aliphatic carboxylic acids is 1. The molecule has 0 aromatic heterocycles. The van der Waals surface area contributed by atoms with E-state index in [-0.39, 0.29) is 17.0 Å². The number of benzene rings is 2. The predicted octanol–water partition coefficient (Wildman–Crippen LogP) is 3.29. The summed E-state index contributed by atoms with van der Waals surface area (Å²) in [5, 5.41) is 11.6. The number of nitrogens with one attached hydrogen (secondary N) is 1. The second-order valence-electron chi connectivity index (χ2n) is 5.36. The van der Waals surface area contributed by atoms with Crippen LogP contribution in [0, 0.1) is 5.82 Å². The Bertz CT molecular complexity index is 736. The minimum absolute atomic E-state index is 0.0852. The molecule has 1 amide bonds. The first-order chi connectivity index (χ1) is 10.8. The molecule has 0 unspecified atom stereocenters. The summed E-state index contributed by atoms with van der Waals surface area (Å²) in [6.07, 6.45) is 0.0852. The number of halogens is 2. The summed E-state index contributed by atoms with van der Waals surface area (Å²) in [5.41, 5.74) is -0.899. The fourth-order valence-corrected chi connectivity index (χ4v) is 2.39. The minimum atomic E-state index is -1.55. The lowest BCUT2D eigenvalue weighted by Gasteiger charge is -2.26. The van der Waals surface area contributed by atoms with Crippen molar-refractivity contribution in [2.75, 3.05) is 0 Å². The molecule has 2 aromatic rings. The third-order valence-corrected chi connectivity index (χ3v) is 3.84. The van der Waals surface area contributed by atoms with Crippen molar-refractivity contribution in [2.24, 2.45) is 0 Å². The highest BCUT2D eigenvalue weighted by Crippen LogP contribution is 2.21. The molecular formula is C17H15ClFNO3. The van der Waals surface area contributed by atoms with Gasteiger partial charge in [0.2, 0.25) is 0 Å². The molecule has 0 fully saturated rings. The van der Waals surface area contributed by atoms with Crippen LogP contribution in [-0.2, 0) is 11.2 Å². The van der Waals surface area contributed by atoms with Crippen LogP contribution in [-0.4, -0.2) is 22.5 Å². The molecule has 0 heterocycles. The topological polar surface area (TPSA) is 66.4 Å². The Morgan fingerprint density at radius 3 is 2.43 bits per heavy atom. The molecule has 0 spiro atoms. The molecule has 0 bridgehead atoms.